The van der Waals surface area contributed by atoms with Crippen molar-refractivity contribution in [2.45, 2.75) is 37.0 Å². The summed E-state index contributed by atoms with van der Waals surface area (Å²) in [5.41, 5.74) is 0. The van der Waals surface area contributed by atoms with Crippen LogP contribution in [0, 0.1) is 0 Å². The lowest BCUT2D eigenvalue weighted by Gasteiger charge is -2.12. The molecule has 1 nitrogen and oxygen atoms in total. The summed E-state index contributed by atoms with van der Waals surface area (Å²) in [6.07, 6.45) is 5.02. The predicted molar refractivity (Wildman–Crippen MR) is 69.0 cm³/mol. The number of aliphatic hydroxyl groups is 1. The van der Waals surface area contributed by atoms with Crippen molar-refractivity contribution in [1.29, 1.82) is 0 Å². The molecule has 4 heteroatoms. The molecule has 1 aromatic heterocycles. The Balaban J connectivity index is 1.79. The summed E-state index contributed by atoms with van der Waals surface area (Å²) in [4.78, 5) is 0.991. The van der Waals surface area contributed by atoms with E-state index in [0.29, 0.717) is 0 Å². The van der Waals surface area contributed by atoms with E-state index in [-0.39, 0.29) is 6.10 Å². The lowest BCUT2D eigenvalue weighted by Crippen LogP contribution is -2.03. The van der Waals surface area contributed by atoms with Crippen molar-refractivity contribution in [3.8, 4) is 0 Å². The van der Waals surface area contributed by atoms with Gasteiger partial charge in [0, 0.05) is 15.9 Å². The normalized spacial score (nSPS) is 19.6. The van der Waals surface area contributed by atoms with Gasteiger partial charge in [0.1, 0.15) is 0 Å². The van der Waals surface area contributed by atoms with Gasteiger partial charge in [-0.2, -0.15) is 11.8 Å². The van der Waals surface area contributed by atoms with Crippen LogP contribution >= 0.6 is 34.7 Å². The minimum Gasteiger partial charge on any atom is -0.387 e. The quantitative estimate of drug-likeness (QED) is 0.881. The average Bonchev–Trinajstić information content (AvgIpc) is 2.84. The van der Waals surface area contributed by atoms with Gasteiger partial charge in [-0.15, -0.1) is 11.3 Å². The van der Waals surface area contributed by atoms with E-state index in [4.69, 9.17) is 11.6 Å². The Kier molecular flexibility index (Phi) is 4.38. The first-order valence-electron chi connectivity index (χ1n) is 5.30. The molecule has 84 valence electrons. The molecule has 1 heterocycles. The second-order valence-electron chi connectivity index (χ2n) is 3.90. The van der Waals surface area contributed by atoms with Gasteiger partial charge in [-0.25, -0.2) is 0 Å². The maximum absolute atomic E-state index is 9.93. The van der Waals surface area contributed by atoms with Crippen molar-refractivity contribution in [1.82, 2.24) is 0 Å². The highest BCUT2D eigenvalue weighted by atomic mass is 35.5. The minimum absolute atomic E-state index is 0.340. The number of thiophene rings is 1. The Bertz CT molecular complexity index is 307. The summed E-state index contributed by atoms with van der Waals surface area (Å²) in [6.45, 7) is 0. The second-order valence-corrected chi connectivity index (χ2v) is 6.98. The Labute approximate surface area is 104 Å². The lowest BCUT2D eigenvalue weighted by molar-refractivity contribution is 0.208. The van der Waals surface area contributed by atoms with Crippen LogP contribution in [0.2, 0.25) is 4.34 Å². The maximum Gasteiger partial charge on any atom is 0.0972 e. The number of hydrogen-bond acceptors (Lipinski definition) is 3. The zero-order valence-electron chi connectivity index (χ0n) is 8.49. The summed E-state index contributed by atoms with van der Waals surface area (Å²) in [7, 11) is 0. The Hall–Kier alpha value is 0.300. The number of halogens is 1. The fourth-order valence-corrected chi connectivity index (χ4v) is 4.32. The van der Waals surface area contributed by atoms with Crippen molar-refractivity contribution in [2.75, 3.05) is 5.75 Å². The largest absolute Gasteiger partial charge is 0.387 e. The molecule has 1 aromatic rings. The standard InChI is InChI=1S/C11H15ClOS2/c12-11-6-5-10(15-11)9(13)7-14-8-3-1-2-4-8/h5-6,8-9,13H,1-4,7H2. The molecule has 1 fully saturated rings. The highest BCUT2D eigenvalue weighted by Gasteiger charge is 2.18. The van der Waals surface area contributed by atoms with Gasteiger partial charge in [-0.3, -0.25) is 0 Å². The van der Waals surface area contributed by atoms with E-state index in [9.17, 15) is 5.11 Å². The van der Waals surface area contributed by atoms with Crippen LogP contribution < -0.4 is 0 Å². The number of aliphatic hydroxyl groups excluding tert-OH is 1. The molecule has 0 aromatic carbocycles. The molecule has 1 N–H and O–H groups in total. The Morgan fingerprint density at radius 3 is 2.80 bits per heavy atom. The Morgan fingerprint density at radius 1 is 1.47 bits per heavy atom. The average molecular weight is 263 g/mol. The molecule has 0 aliphatic heterocycles. The van der Waals surface area contributed by atoms with E-state index in [0.717, 1.165) is 20.2 Å². The molecule has 0 bridgehead atoms. The smallest absolute Gasteiger partial charge is 0.0972 e. The van der Waals surface area contributed by atoms with Crippen LogP contribution in [0.5, 0.6) is 0 Å². The third kappa shape index (κ3) is 3.38. The molecular weight excluding hydrogens is 248 g/mol. The van der Waals surface area contributed by atoms with E-state index < -0.39 is 0 Å². The fraction of sp³-hybridized carbons (Fsp3) is 0.636. The van der Waals surface area contributed by atoms with Crippen molar-refractivity contribution < 1.29 is 5.11 Å². The van der Waals surface area contributed by atoms with E-state index in [1.54, 1.807) is 0 Å². The van der Waals surface area contributed by atoms with Crippen LogP contribution in [-0.4, -0.2) is 16.1 Å². The topological polar surface area (TPSA) is 20.2 Å². The highest BCUT2D eigenvalue weighted by molar-refractivity contribution is 7.99. The van der Waals surface area contributed by atoms with Gasteiger partial charge >= 0.3 is 0 Å². The molecule has 0 saturated heterocycles. The molecule has 0 amide bonds. The summed E-state index contributed by atoms with van der Waals surface area (Å²) in [6, 6.07) is 3.78. The first-order valence-corrected chi connectivity index (χ1v) is 7.55. The second kappa shape index (κ2) is 5.58. The first-order chi connectivity index (χ1) is 7.25. The molecular formula is C11H15ClOS2. The third-order valence-electron chi connectivity index (χ3n) is 2.71. The van der Waals surface area contributed by atoms with Crippen LogP contribution in [0.4, 0.5) is 0 Å². The van der Waals surface area contributed by atoms with Crippen LogP contribution in [0.15, 0.2) is 12.1 Å². The van der Waals surface area contributed by atoms with Crippen molar-refractivity contribution in [3.05, 3.63) is 21.3 Å². The zero-order valence-corrected chi connectivity index (χ0v) is 10.9. The van der Waals surface area contributed by atoms with Crippen molar-refractivity contribution in [2.24, 2.45) is 0 Å². The van der Waals surface area contributed by atoms with Gasteiger partial charge in [0.05, 0.1) is 10.4 Å². The zero-order chi connectivity index (χ0) is 10.7. The molecule has 0 spiro atoms. The first kappa shape index (κ1) is 11.8. The Morgan fingerprint density at radius 2 is 2.20 bits per heavy atom. The number of thioether (sulfide) groups is 1. The molecule has 1 atom stereocenters. The summed E-state index contributed by atoms with van der Waals surface area (Å²) in [5.74, 6) is 0.807. The summed E-state index contributed by atoms with van der Waals surface area (Å²) >= 11 is 9.22. The molecule has 1 aliphatic carbocycles. The minimum atomic E-state index is -0.340. The SMILES string of the molecule is OC(CSC1CCCC1)c1ccc(Cl)s1. The predicted octanol–water partition coefficient (Wildman–Crippen LogP) is 4.11. The summed E-state index contributed by atoms with van der Waals surface area (Å²) < 4.78 is 0.759. The third-order valence-corrected chi connectivity index (χ3v) is 5.50. The van der Waals surface area contributed by atoms with Crippen molar-refractivity contribution >= 4 is 34.7 Å². The monoisotopic (exact) mass is 262 g/mol. The molecule has 15 heavy (non-hydrogen) atoms. The van der Waals surface area contributed by atoms with Gasteiger partial charge in [-0.05, 0) is 25.0 Å². The van der Waals surface area contributed by atoms with Crippen LogP contribution in [0.1, 0.15) is 36.7 Å². The number of rotatable bonds is 4. The van der Waals surface area contributed by atoms with E-state index in [1.807, 2.05) is 23.9 Å². The highest BCUT2D eigenvalue weighted by Crippen LogP contribution is 2.34. The molecule has 0 radical (unpaired) electrons. The van der Waals surface area contributed by atoms with E-state index >= 15 is 0 Å². The van der Waals surface area contributed by atoms with Crippen LogP contribution in [0.3, 0.4) is 0 Å². The van der Waals surface area contributed by atoms with Gasteiger partial charge in [0.2, 0.25) is 0 Å². The maximum atomic E-state index is 9.93. The van der Waals surface area contributed by atoms with E-state index in [2.05, 4.69) is 0 Å². The van der Waals surface area contributed by atoms with E-state index in [1.165, 1.54) is 37.0 Å². The van der Waals surface area contributed by atoms with Gasteiger partial charge in [-0.1, -0.05) is 24.4 Å². The van der Waals surface area contributed by atoms with Gasteiger partial charge < -0.3 is 5.11 Å². The van der Waals surface area contributed by atoms with Crippen LogP contribution in [-0.2, 0) is 0 Å². The van der Waals surface area contributed by atoms with Crippen LogP contribution in [0.25, 0.3) is 0 Å². The summed E-state index contributed by atoms with van der Waals surface area (Å²) in [5, 5.41) is 10.7. The lowest BCUT2D eigenvalue weighted by atomic mass is 10.3. The van der Waals surface area contributed by atoms with Gasteiger partial charge in [0.25, 0.3) is 0 Å². The molecule has 1 saturated carbocycles. The van der Waals surface area contributed by atoms with Gasteiger partial charge in [0.15, 0.2) is 0 Å². The van der Waals surface area contributed by atoms with Crippen molar-refractivity contribution in [3.63, 3.8) is 0 Å². The molecule has 2 rings (SSSR count). The fourth-order valence-electron chi connectivity index (χ4n) is 1.87. The molecule has 1 aliphatic rings. The molecule has 1 unspecified atom stereocenters. The number of hydrogen-bond donors (Lipinski definition) is 1.